The van der Waals surface area contributed by atoms with Crippen molar-refractivity contribution in [3.8, 4) is 28.0 Å². The number of benzene rings is 3. The topological polar surface area (TPSA) is 18.5 Å². The molecule has 0 aromatic heterocycles. The van der Waals surface area contributed by atoms with Gasteiger partial charge in [0.05, 0.1) is 19.8 Å². The number of rotatable bonds is 11. The van der Waals surface area contributed by atoms with E-state index in [1.165, 1.54) is 12.8 Å². The van der Waals surface area contributed by atoms with Crippen molar-refractivity contribution in [3.63, 3.8) is 0 Å². The number of hydrogen-bond acceptors (Lipinski definition) is 2. The molecular formula is C28H32O2. The molecule has 1 unspecified atom stereocenters. The first kappa shape index (κ1) is 21.9. The van der Waals surface area contributed by atoms with Crippen molar-refractivity contribution >= 4 is 0 Å². The van der Waals surface area contributed by atoms with Gasteiger partial charge in [0.15, 0.2) is 0 Å². The molecule has 0 fully saturated rings. The van der Waals surface area contributed by atoms with Gasteiger partial charge in [-0.15, -0.1) is 6.58 Å². The molecule has 0 spiro atoms. The molecule has 0 aliphatic heterocycles. The standard InChI is InChI=1S/C28H32O2/c1-4-6-9-18-25(5-2)30-21-24-19-20-26(29-3)28(23-16-12-8-13-17-23)27(24)22-14-10-7-11-15-22/h5,7-8,10-17,19-20,25H,2,4,6,9,18,21H2,1,3H3. The molecule has 3 aromatic rings. The van der Waals surface area contributed by atoms with Crippen LogP contribution in [-0.2, 0) is 11.3 Å². The van der Waals surface area contributed by atoms with E-state index < -0.39 is 0 Å². The number of ether oxygens (including phenoxy) is 2. The van der Waals surface area contributed by atoms with Crippen LogP contribution in [0.15, 0.2) is 85.5 Å². The fraction of sp³-hybridized carbons (Fsp3) is 0.286. The van der Waals surface area contributed by atoms with E-state index in [9.17, 15) is 0 Å². The van der Waals surface area contributed by atoms with Gasteiger partial charge < -0.3 is 9.47 Å². The molecule has 0 saturated heterocycles. The summed E-state index contributed by atoms with van der Waals surface area (Å²) in [6.45, 7) is 6.74. The average Bonchev–Trinajstić information content (AvgIpc) is 2.81. The average molecular weight is 401 g/mol. The highest BCUT2D eigenvalue weighted by molar-refractivity contribution is 5.89. The van der Waals surface area contributed by atoms with Crippen LogP contribution in [0.2, 0.25) is 0 Å². The van der Waals surface area contributed by atoms with Crippen LogP contribution >= 0.6 is 0 Å². The van der Waals surface area contributed by atoms with Crippen molar-refractivity contribution in [2.75, 3.05) is 7.11 Å². The van der Waals surface area contributed by atoms with Gasteiger partial charge in [-0.05, 0) is 34.7 Å². The van der Waals surface area contributed by atoms with Crippen molar-refractivity contribution in [2.24, 2.45) is 0 Å². The summed E-state index contributed by atoms with van der Waals surface area (Å²) in [6, 6.07) is 25.1. The maximum Gasteiger partial charge on any atom is 0.127 e. The Morgan fingerprint density at radius 1 is 0.833 bits per heavy atom. The highest BCUT2D eigenvalue weighted by Gasteiger charge is 2.18. The second-order valence-electron chi connectivity index (χ2n) is 7.49. The van der Waals surface area contributed by atoms with Crippen molar-refractivity contribution in [3.05, 3.63) is 91.0 Å². The van der Waals surface area contributed by atoms with E-state index in [0.29, 0.717) is 6.61 Å². The molecule has 3 rings (SSSR count). The van der Waals surface area contributed by atoms with Crippen LogP contribution in [0.4, 0.5) is 0 Å². The minimum absolute atomic E-state index is 0.0717. The molecule has 0 bridgehead atoms. The van der Waals surface area contributed by atoms with E-state index >= 15 is 0 Å². The Kier molecular flexibility index (Phi) is 8.29. The predicted octanol–water partition coefficient (Wildman–Crippen LogP) is 7.68. The lowest BCUT2D eigenvalue weighted by Gasteiger charge is -2.21. The maximum atomic E-state index is 6.29. The van der Waals surface area contributed by atoms with E-state index in [4.69, 9.17) is 9.47 Å². The third kappa shape index (κ3) is 5.40. The zero-order valence-electron chi connectivity index (χ0n) is 18.1. The van der Waals surface area contributed by atoms with Crippen LogP contribution in [0.5, 0.6) is 5.75 Å². The smallest absolute Gasteiger partial charge is 0.127 e. The third-order valence-electron chi connectivity index (χ3n) is 5.41. The monoisotopic (exact) mass is 400 g/mol. The van der Waals surface area contributed by atoms with Crippen LogP contribution in [0.25, 0.3) is 22.3 Å². The Balaban J connectivity index is 2.02. The zero-order chi connectivity index (χ0) is 21.2. The Labute approximate surface area is 181 Å². The first-order valence-corrected chi connectivity index (χ1v) is 10.8. The van der Waals surface area contributed by atoms with E-state index in [0.717, 1.165) is 46.4 Å². The molecule has 0 amide bonds. The van der Waals surface area contributed by atoms with E-state index in [1.807, 2.05) is 24.3 Å². The summed E-state index contributed by atoms with van der Waals surface area (Å²) < 4.78 is 12.1. The molecule has 0 saturated carbocycles. The lowest BCUT2D eigenvalue weighted by atomic mass is 9.90. The fourth-order valence-electron chi connectivity index (χ4n) is 3.80. The zero-order valence-corrected chi connectivity index (χ0v) is 18.1. The molecule has 2 heteroatoms. The van der Waals surface area contributed by atoms with Crippen LogP contribution in [0.1, 0.15) is 38.2 Å². The van der Waals surface area contributed by atoms with Gasteiger partial charge in [-0.3, -0.25) is 0 Å². The lowest BCUT2D eigenvalue weighted by Crippen LogP contribution is -2.10. The first-order valence-electron chi connectivity index (χ1n) is 10.8. The van der Waals surface area contributed by atoms with Crippen LogP contribution in [0, 0.1) is 0 Å². The van der Waals surface area contributed by atoms with Crippen LogP contribution in [0.3, 0.4) is 0 Å². The van der Waals surface area contributed by atoms with Gasteiger partial charge >= 0.3 is 0 Å². The van der Waals surface area contributed by atoms with Gasteiger partial charge in [-0.25, -0.2) is 0 Å². The second-order valence-corrected chi connectivity index (χ2v) is 7.49. The second kappa shape index (κ2) is 11.4. The fourth-order valence-corrected chi connectivity index (χ4v) is 3.80. The summed E-state index contributed by atoms with van der Waals surface area (Å²) in [5.74, 6) is 0.868. The predicted molar refractivity (Wildman–Crippen MR) is 127 cm³/mol. The molecule has 3 aromatic carbocycles. The molecule has 156 valence electrons. The number of hydrogen-bond donors (Lipinski definition) is 0. The molecule has 1 atom stereocenters. The van der Waals surface area contributed by atoms with Gasteiger partial charge in [0, 0.05) is 5.56 Å². The Morgan fingerprint density at radius 3 is 2.03 bits per heavy atom. The Hall–Kier alpha value is -2.84. The molecule has 0 aliphatic rings. The van der Waals surface area contributed by atoms with Gasteiger partial charge in [-0.1, -0.05) is 99.0 Å². The maximum absolute atomic E-state index is 6.29. The number of unbranched alkanes of at least 4 members (excludes halogenated alkanes) is 2. The third-order valence-corrected chi connectivity index (χ3v) is 5.41. The molecule has 30 heavy (non-hydrogen) atoms. The lowest BCUT2D eigenvalue weighted by molar-refractivity contribution is 0.0653. The first-order chi connectivity index (χ1) is 14.8. The Bertz CT molecular complexity index is 916. The number of methoxy groups -OCH3 is 1. The molecule has 0 N–H and O–H groups in total. The minimum atomic E-state index is 0.0717. The van der Waals surface area contributed by atoms with Crippen LogP contribution in [-0.4, -0.2) is 13.2 Å². The highest BCUT2D eigenvalue weighted by Crippen LogP contribution is 2.41. The minimum Gasteiger partial charge on any atom is -0.496 e. The molecule has 0 aliphatic carbocycles. The van der Waals surface area contributed by atoms with Crippen molar-refractivity contribution in [1.82, 2.24) is 0 Å². The van der Waals surface area contributed by atoms with E-state index in [2.05, 4.69) is 68.1 Å². The molecule has 0 radical (unpaired) electrons. The summed E-state index contributed by atoms with van der Waals surface area (Å²) in [6.07, 6.45) is 6.61. The summed E-state index contributed by atoms with van der Waals surface area (Å²) in [7, 11) is 1.73. The quantitative estimate of drug-likeness (QED) is 0.243. The van der Waals surface area contributed by atoms with Gasteiger partial charge in [0.2, 0.25) is 0 Å². The summed E-state index contributed by atoms with van der Waals surface area (Å²) in [5.41, 5.74) is 5.72. The van der Waals surface area contributed by atoms with E-state index in [-0.39, 0.29) is 6.10 Å². The summed E-state index contributed by atoms with van der Waals surface area (Å²) >= 11 is 0. The largest absolute Gasteiger partial charge is 0.496 e. The molecule has 2 nitrogen and oxygen atoms in total. The highest BCUT2D eigenvalue weighted by atomic mass is 16.5. The van der Waals surface area contributed by atoms with Crippen molar-refractivity contribution in [2.45, 2.75) is 45.3 Å². The van der Waals surface area contributed by atoms with Gasteiger partial charge in [0.25, 0.3) is 0 Å². The SMILES string of the molecule is C=CC(CCCCC)OCc1ccc(OC)c(-c2ccccc2)c1-c1ccccc1. The van der Waals surface area contributed by atoms with Crippen LogP contribution < -0.4 is 4.74 Å². The summed E-state index contributed by atoms with van der Waals surface area (Å²) in [5, 5.41) is 0. The molecule has 0 heterocycles. The molecular weight excluding hydrogens is 368 g/mol. The van der Waals surface area contributed by atoms with Gasteiger partial charge in [-0.2, -0.15) is 0 Å². The van der Waals surface area contributed by atoms with E-state index in [1.54, 1.807) is 7.11 Å². The van der Waals surface area contributed by atoms with Crippen molar-refractivity contribution < 1.29 is 9.47 Å². The normalized spacial score (nSPS) is 11.8. The summed E-state index contributed by atoms with van der Waals surface area (Å²) in [4.78, 5) is 0. The Morgan fingerprint density at radius 2 is 1.47 bits per heavy atom. The van der Waals surface area contributed by atoms with Crippen molar-refractivity contribution in [1.29, 1.82) is 0 Å². The van der Waals surface area contributed by atoms with Gasteiger partial charge in [0.1, 0.15) is 5.75 Å².